The van der Waals surface area contributed by atoms with Crippen LogP contribution in [-0.2, 0) is 11.3 Å². The van der Waals surface area contributed by atoms with Gasteiger partial charge in [0.1, 0.15) is 0 Å². The number of piperidine rings is 1. The Morgan fingerprint density at radius 3 is 2.37 bits per heavy atom. The second kappa shape index (κ2) is 9.16. The van der Waals surface area contributed by atoms with E-state index in [1.807, 2.05) is 43.3 Å². The Morgan fingerprint density at radius 1 is 1.11 bits per heavy atom. The van der Waals surface area contributed by atoms with Gasteiger partial charge in [0, 0.05) is 17.5 Å². The number of nitrogens with zero attached hydrogens (tertiary/aromatic N) is 2. The fourth-order valence-corrected chi connectivity index (χ4v) is 3.42. The fraction of sp³-hybridized carbons (Fsp3) is 0.364. The van der Waals surface area contributed by atoms with Gasteiger partial charge in [0.05, 0.1) is 5.71 Å². The molecule has 5 heteroatoms. The number of hydrogen-bond donors (Lipinski definition) is 1. The Kier molecular flexibility index (Phi) is 6.64. The minimum Gasteiger partial charge on any atom is -0.299 e. The highest BCUT2D eigenvalue weighted by Gasteiger charge is 2.24. The summed E-state index contributed by atoms with van der Waals surface area (Å²) in [6.45, 7) is 6.70. The van der Waals surface area contributed by atoms with Crippen LogP contribution in [0.4, 0.5) is 0 Å². The molecular weight excluding hydrogens is 358 g/mol. The zero-order valence-electron chi connectivity index (χ0n) is 15.9. The van der Waals surface area contributed by atoms with Crippen LogP contribution in [0.5, 0.6) is 0 Å². The normalized spacial score (nSPS) is 16.3. The maximum atomic E-state index is 12.4. The monoisotopic (exact) mass is 383 g/mol. The van der Waals surface area contributed by atoms with Gasteiger partial charge >= 0.3 is 0 Å². The zero-order chi connectivity index (χ0) is 19.2. The molecule has 1 aliphatic rings. The summed E-state index contributed by atoms with van der Waals surface area (Å²) in [5.41, 5.74) is 7.06. The number of nitrogens with one attached hydrogen (secondary N) is 1. The number of amides is 1. The van der Waals surface area contributed by atoms with Crippen LogP contribution in [0.3, 0.4) is 0 Å². The van der Waals surface area contributed by atoms with Gasteiger partial charge in [-0.15, -0.1) is 0 Å². The van der Waals surface area contributed by atoms with E-state index in [2.05, 4.69) is 34.5 Å². The molecule has 1 aliphatic heterocycles. The van der Waals surface area contributed by atoms with Crippen LogP contribution in [0.1, 0.15) is 36.5 Å². The predicted octanol–water partition coefficient (Wildman–Crippen LogP) is 4.40. The number of likely N-dealkylation sites (tertiary alicyclic amines) is 1. The van der Waals surface area contributed by atoms with Gasteiger partial charge in [-0.2, -0.15) is 5.10 Å². The van der Waals surface area contributed by atoms with Crippen LogP contribution in [0.15, 0.2) is 53.6 Å². The van der Waals surface area contributed by atoms with Crippen molar-refractivity contribution >= 4 is 23.2 Å². The van der Waals surface area contributed by atoms with Gasteiger partial charge in [-0.25, -0.2) is 5.43 Å². The first-order chi connectivity index (χ1) is 13.0. The highest BCUT2D eigenvalue weighted by molar-refractivity contribution is 6.30. The highest BCUT2D eigenvalue weighted by atomic mass is 35.5. The average Bonchev–Trinajstić information content (AvgIpc) is 2.69. The van der Waals surface area contributed by atoms with E-state index in [9.17, 15) is 4.79 Å². The molecule has 0 aromatic heterocycles. The third kappa shape index (κ3) is 5.65. The molecule has 1 N–H and O–H groups in total. The minimum atomic E-state index is 0.0209. The van der Waals surface area contributed by atoms with Crippen molar-refractivity contribution in [3.05, 3.63) is 70.2 Å². The van der Waals surface area contributed by atoms with E-state index in [-0.39, 0.29) is 11.8 Å². The number of carbonyl (C=O) groups is 1. The molecule has 3 rings (SSSR count). The molecule has 0 aliphatic carbocycles. The number of benzene rings is 2. The fourth-order valence-electron chi connectivity index (χ4n) is 3.29. The molecule has 0 unspecified atom stereocenters. The SMILES string of the molecule is C/C(=N\NC(=O)C1CCN(Cc2ccc(Cl)cc2)CC1)c1ccc(C)cc1. The van der Waals surface area contributed by atoms with E-state index >= 15 is 0 Å². The lowest BCUT2D eigenvalue weighted by Crippen LogP contribution is -2.39. The van der Waals surface area contributed by atoms with Crippen molar-refractivity contribution in [2.45, 2.75) is 33.2 Å². The number of hydrazone groups is 1. The Hall–Kier alpha value is -2.17. The second-order valence-corrected chi connectivity index (χ2v) is 7.65. The van der Waals surface area contributed by atoms with E-state index in [4.69, 9.17) is 11.6 Å². The first-order valence-corrected chi connectivity index (χ1v) is 9.77. The van der Waals surface area contributed by atoms with Gasteiger partial charge in [0.15, 0.2) is 0 Å². The number of carbonyl (C=O) groups excluding carboxylic acids is 1. The van der Waals surface area contributed by atoms with Gasteiger partial charge in [-0.1, -0.05) is 53.6 Å². The molecular formula is C22H26ClN3O. The molecule has 0 bridgehead atoms. The van der Waals surface area contributed by atoms with E-state index < -0.39 is 0 Å². The lowest BCUT2D eigenvalue weighted by atomic mass is 9.96. The molecule has 0 saturated carbocycles. The highest BCUT2D eigenvalue weighted by Crippen LogP contribution is 2.20. The van der Waals surface area contributed by atoms with Gasteiger partial charge in [-0.05, 0) is 63.0 Å². The standard InChI is InChI=1S/C22H26ClN3O/c1-16-3-7-19(8-4-16)17(2)24-25-22(27)20-11-13-26(14-12-20)15-18-5-9-21(23)10-6-18/h3-10,20H,11-15H2,1-2H3,(H,25,27)/b24-17+. The van der Waals surface area contributed by atoms with E-state index in [1.165, 1.54) is 11.1 Å². The van der Waals surface area contributed by atoms with Crippen molar-refractivity contribution in [2.24, 2.45) is 11.0 Å². The minimum absolute atomic E-state index is 0.0209. The smallest absolute Gasteiger partial charge is 0.243 e. The summed E-state index contributed by atoms with van der Waals surface area (Å²) in [4.78, 5) is 14.8. The molecule has 4 nitrogen and oxygen atoms in total. The third-order valence-corrected chi connectivity index (χ3v) is 5.33. The van der Waals surface area contributed by atoms with Gasteiger partial charge in [0.25, 0.3) is 0 Å². The summed E-state index contributed by atoms with van der Waals surface area (Å²) < 4.78 is 0. The van der Waals surface area contributed by atoms with Crippen LogP contribution in [-0.4, -0.2) is 29.6 Å². The molecule has 1 fully saturated rings. The topological polar surface area (TPSA) is 44.7 Å². The molecule has 0 spiro atoms. The van der Waals surface area contributed by atoms with Crippen LogP contribution < -0.4 is 5.43 Å². The quantitative estimate of drug-likeness (QED) is 0.614. The predicted molar refractivity (Wildman–Crippen MR) is 111 cm³/mol. The van der Waals surface area contributed by atoms with Crippen LogP contribution in [0.25, 0.3) is 0 Å². The lowest BCUT2D eigenvalue weighted by molar-refractivity contribution is -0.126. The zero-order valence-corrected chi connectivity index (χ0v) is 16.7. The van der Waals surface area contributed by atoms with Crippen LogP contribution in [0.2, 0.25) is 5.02 Å². The Bertz CT molecular complexity index is 791. The van der Waals surface area contributed by atoms with Crippen molar-refractivity contribution in [3.8, 4) is 0 Å². The van der Waals surface area contributed by atoms with E-state index in [0.717, 1.165) is 48.8 Å². The molecule has 27 heavy (non-hydrogen) atoms. The number of aryl methyl sites for hydroxylation is 1. The van der Waals surface area contributed by atoms with Crippen LogP contribution >= 0.6 is 11.6 Å². The van der Waals surface area contributed by atoms with Crippen molar-refractivity contribution < 1.29 is 4.79 Å². The lowest BCUT2D eigenvalue weighted by Gasteiger charge is -2.30. The van der Waals surface area contributed by atoms with Crippen LogP contribution in [0, 0.1) is 12.8 Å². The molecule has 1 amide bonds. The van der Waals surface area contributed by atoms with Crippen molar-refractivity contribution in [3.63, 3.8) is 0 Å². The van der Waals surface area contributed by atoms with Crippen molar-refractivity contribution in [1.82, 2.24) is 10.3 Å². The molecule has 0 radical (unpaired) electrons. The van der Waals surface area contributed by atoms with E-state index in [0.29, 0.717) is 0 Å². The van der Waals surface area contributed by atoms with Gasteiger partial charge in [-0.3, -0.25) is 9.69 Å². The summed E-state index contributed by atoms with van der Waals surface area (Å²) in [6.07, 6.45) is 1.72. The summed E-state index contributed by atoms with van der Waals surface area (Å²) in [6, 6.07) is 16.1. The third-order valence-electron chi connectivity index (χ3n) is 5.08. The van der Waals surface area contributed by atoms with Gasteiger partial charge < -0.3 is 0 Å². The van der Waals surface area contributed by atoms with Crippen molar-refractivity contribution in [2.75, 3.05) is 13.1 Å². The molecule has 2 aromatic carbocycles. The summed E-state index contributed by atoms with van der Waals surface area (Å²) in [7, 11) is 0. The maximum Gasteiger partial charge on any atom is 0.243 e. The summed E-state index contributed by atoms with van der Waals surface area (Å²) >= 11 is 5.94. The van der Waals surface area contributed by atoms with Crippen molar-refractivity contribution in [1.29, 1.82) is 0 Å². The first kappa shape index (κ1) is 19.6. The molecule has 1 saturated heterocycles. The average molecular weight is 384 g/mol. The molecule has 142 valence electrons. The number of halogens is 1. The van der Waals surface area contributed by atoms with Gasteiger partial charge in [0.2, 0.25) is 5.91 Å². The first-order valence-electron chi connectivity index (χ1n) is 9.39. The Labute approximate surface area is 166 Å². The molecule has 0 atom stereocenters. The number of hydrogen-bond acceptors (Lipinski definition) is 3. The summed E-state index contributed by atoms with van der Waals surface area (Å²) in [5, 5.41) is 5.05. The van der Waals surface area contributed by atoms with E-state index in [1.54, 1.807) is 0 Å². The molecule has 1 heterocycles. The number of rotatable bonds is 5. The second-order valence-electron chi connectivity index (χ2n) is 7.22. The maximum absolute atomic E-state index is 12.4. The Morgan fingerprint density at radius 2 is 1.74 bits per heavy atom. The molecule has 2 aromatic rings. The summed E-state index contributed by atoms with van der Waals surface area (Å²) in [5.74, 6) is 0.0497. The largest absolute Gasteiger partial charge is 0.299 e. The Balaban J connectivity index is 1.47.